The van der Waals surface area contributed by atoms with Gasteiger partial charge < -0.3 is 4.74 Å². The van der Waals surface area contributed by atoms with Gasteiger partial charge in [0.1, 0.15) is 4.90 Å². The van der Waals surface area contributed by atoms with E-state index in [0.717, 1.165) is 39.3 Å². The number of aromatic nitrogens is 2. The summed E-state index contributed by atoms with van der Waals surface area (Å²) in [4.78, 5) is 2.49. The van der Waals surface area contributed by atoms with E-state index in [4.69, 9.17) is 4.74 Å². The van der Waals surface area contributed by atoms with Crippen LogP contribution in [0.1, 0.15) is 6.42 Å². The molecule has 0 spiro atoms. The monoisotopic (exact) mass is 288 g/mol. The molecule has 108 valence electrons. The molecule has 0 bridgehead atoms. The van der Waals surface area contributed by atoms with E-state index in [0.29, 0.717) is 6.54 Å². The van der Waals surface area contributed by atoms with E-state index in [1.54, 1.807) is 7.05 Å². The molecule has 0 unspecified atom stereocenters. The van der Waals surface area contributed by atoms with Gasteiger partial charge in [-0.2, -0.15) is 5.10 Å². The molecule has 0 aliphatic carbocycles. The van der Waals surface area contributed by atoms with E-state index < -0.39 is 10.0 Å². The molecule has 0 amide bonds. The van der Waals surface area contributed by atoms with Crippen LogP contribution in [0.4, 0.5) is 0 Å². The van der Waals surface area contributed by atoms with Crippen LogP contribution in [0.5, 0.6) is 0 Å². The van der Waals surface area contributed by atoms with E-state index in [1.807, 2.05) is 0 Å². The van der Waals surface area contributed by atoms with Gasteiger partial charge in [-0.15, -0.1) is 0 Å². The minimum absolute atomic E-state index is 0.210. The van der Waals surface area contributed by atoms with Crippen LogP contribution in [0.2, 0.25) is 0 Å². The molecule has 1 saturated heterocycles. The maximum Gasteiger partial charge on any atom is 0.243 e. The van der Waals surface area contributed by atoms with Crippen molar-refractivity contribution in [1.29, 1.82) is 0 Å². The average molecular weight is 288 g/mol. The molecule has 1 aliphatic rings. The zero-order valence-corrected chi connectivity index (χ0v) is 11.9. The lowest BCUT2D eigenvalue weighted by molar-refractivity contribution is 0.0376. The third-order valence-electron chi connectivity index (χ3n) is 3.04. The molecule has 1 aromatic rings. The first-order valence-electron chi connectivity index (χ1n) is 6.36. The van der Waals surface area contributed by atoms with Crippen molar-refractivity contribution in [2.45, 2.75) is 11.3 Å². The van der Waals surface area contributed by atoms with Crippen LogP contribution in [-0.2, 0) is 21.8 Å². The summed E-state index contributed by atoms with van der Waals surface area (Å²) in [5.41, 5.74) is 0. The van der Waals surface area contributed by atoms with Gasteiger partial charge in [0.2, 0.25) is 10.0 Å². The summed E-state index contributed by atoms with van der Waals surface area (Å²) in [5.74, 6) is 0. The van der Waals surface area contributed by atoms with Crippen molar-refractivity contribution in [1.82, 2.24) is 19.4 Å². The van der Waals surface area contributed by atoms with Gasteiger partial charge in [-0.25, -0.2) is 13.1 Å². The summed E-state index contributed by atoms with van der Waals surface area (Å²) < 4.78 is 33.1. The fourth-order valence-electron chi connectivity index (χ4n) is 1.95. The minimum atomic E-state index is -3.42. The maximum absolute atomic E-state index is 11.9. The van der Waals surface area contributed by atoms with Crippen LogP contribution in [0.25, 0.3) is 0 Å². The topological polar surface area (TPSA) is 76.5 Å². The van der Waals surface area contributed by atoms with Gasteiger partial charge in [0.15, 0.2) is 0 Å². The van der Waals surface area contributed by atoms with E-state index >= 15 is 0 Å². The van der Waals surface area contributed by atoms with Gasteiger partial charge in [0, 0.05) is 32.9 Å². The van der Waals surface area contributed by atoms with Crippen molar-refractivity contribution >= 4 is 10.0 Å². The van der Waals surface area contributed by atoms with Crippen LogP contribution < -0.4 is 4.72 Å². The van der Waals surface area contributed by atoms with Crippen LogP contribution in [0.15, 0.2) is 17.3 Å². The highest BCUT2D eigenvalue weighted by atomic mass is 32.2. The van der Waals surface area contributed by atoms with Gasteiger partial charge in [0.25, 0.3) is 0 Å². The molecular formula is C11H20N4O3S. The van der Waals surface area contributed by atoms with Gasteiger partial charge in [0.05, 0.1) is 19.4 Å². The van der Waals surface area contributed by atoms with E-state index in [2.05, 4.69) is 14.7 Å². The van der Waals surface area contributed by atoms with Crippen molar-refractivity contribution < 1.29 is 13.2 Å². The lowest BCUT2D eigenvalue weighted by Crippen LogP contribution is -2.38. The molecule has 1 N–H and O–H groups in total. The predicted octanol–water partition coefficient (Wildman–Crippen LogP) is -0.579. The van der Waals surface area contributed by atoms with Crippen molar-refractivity contribution in [2.24, 2.45) is 7.05 Å². The summed E-state index contributed by atoms with van der Waals surface area (Å²) in [6, 6.07) is 0. The Morgan fingerprint density at radius 2 is 2.16 bits per heavy atom. The Balaban J connectivity index is 1.72. The van der Waals surface area contributed by atoms with Crippen molar-refractivity contribution in [3.63, 3.8) is 0 Å². The molecule has 0 aromatic carbocycles. The summed E-state index contributed by atoms with van der Waals surface area (Å²) in [5, 5.41) is 3.86. The number of nitrogens with zero attached hydrogens (tertiary/aromatic N) is 3. The highest BCUT2D eigenvalue weighted by Crippen LogP contribution is 2.05. The quantitative estimate of drug-likeness (QED) is 0.709. The second-order valence-corrected chi connectivity index (χ2v) is 6.32. The first-order chi connectivity index (χ1) is 9.08. The molecule has 0 radical (unpaired) electrons. The lowest BCUT2D eigenvalue weighted by Gasteiger charge is -2.26. The number of hydrogen-bond donors (Lipinski definition) is 1. The average Bonchev–Trinajstić information content (AvgIpc) is 2.84. The Morgan fingerprint density at radius 3 is 2.79 bits per heavy atom. The van der Waals surface area contributed by atoms with E-state index in [-0.39, 0.29) is 4.90 Å². The largest absolute Gasteiger partial charge is 0.379 e. The predicted molar refractivity (Wildman–Crippen MR) is 70.3 cm³/mol. The number of ether oxygens (including phenoxy) is 1. The van der Waals surface area contributed by atoms with Crippen molar-refractivity contribution in [2.75, 3.05) is 39.4 Å². The SMILES string of the molecule is Cn1cc(S(=O)(=O)NCCCN2CCOCC2)cn1. The molecule has 8 heteroatoms. The fourth-order valence-corrected chi connectivity index (χ4v) is 3.01. The molecule has 0 saturated carbocycles. The van der Waals surface area contributed by atoms with E-state index in [9.17, 15) is 8.42 Å². The zero-order valence-electron chi connectivity index (χ0n) is 11.1. The number of aryl methyl sites for hydroxylation is 1. The first kappa shape index (κ1) is 14.4. The number of hydrogen-bond acceptors (Lipinski definition) is 5. The highest BCUT2D eigenvalue weighted by molar-refractivity contribution is 7.89. The number of nitrogens with one attached hydrogen (secondary N) is 1. The standard InChI is InChI=1S/C11H20N4O3S/c1-14-10-11(9-12-14)19(16,17)13-3-2-4-15-5-7-18-8-6-15/h9-10,13H,2-8H2,1H3. The van der Waals surface area contributed by atoms with Crippen LogP contribution in [-0.4, -0.2) is 62.5 Å². The van der Waals surface area contributed by atoms with Crippen molar-refractivity contribution in [3.05, 3.63) is 12.4 Å². The Hall–Kier alpha value is -0.960. The van der Waals surface area contributed by atoms with Crippen LogP contribution in [0, 0.1) is 0 Å². The lowest BCUT2D eigenvalue weighted by atomic mass is 10.3. The van der Waals surface area contributed by atoms with Crippen LogP contribution in [0.3, 0.4) is 0 Å². The van der Waals surface area contributed by atoms with Crippen molar-refractivity contribution in [3.8, 4) is 0 Å². The second-order valence-electron chi connectivity index (χ2n) is 4.56. The minimum Gasteiger partial charge on any atom is -0.379 e. The number of rotatable bonds is 6. The second kappa shape index (κ2) is 6.47. The summed E-state index contributed by atoms with van der Waals surface area (Å²) in [6.07, 6.45) is 3.63. The van der Waals surface area contributed by atoms with Gasteiger partial charge in [-0.05, 0) is 13.0 Å². The molecule has 19 heavy (non-hydrogen) atoms. The Morgan fingerprint density at radius 1 is 1.42 bits per heavy atom. The zero-order chi connectivity index (χ0) is 13.7. The highest BCUT2D eigenvalue weighted by Gasteiger charge is 2.15. The molecule has 2 heterocycles. The Labute approximate surface area is 113 Å². The third-order valence-corrected chi connectivity index (χ3v) is 4.45. The molecule has 1 fully saturated rings. The summed E-state index contributed by atoms with van der Waals surface area (Å²) >= 11 is 0. The number of morpholine rings is 1. The van der Waals surface area contributed by atoms with Gasteiger partial charge in [-0.1, -0.05) is 0 Å². The molecule has 0 atom stereocenters. The number of sulfonamides is 1. The third kappa shape index (κ3) is 4.27. The van der Waals surface area contributed by atoms with Gasteiger partial charge >= 0.3 is 0 Å². The summed E-state index contributed by atoms with van der Waals surface area (Å²) in [7, 11) is -1.73. The maximum atomic E-state index is 11.9. The molecular weight excluding hydrogens is 268 g/mol. The Bertz CT molecular complexity index is 494. The van der Waals surface area contributed by atoms with Crippen LogP contribution >= 0.6 is 0 Å². The smallest absolute Gasteiger partial charge is 0.243 e. The summed E-state index contributed by atoms with van der Waals surface area (Å²) in [6.45, 7) is 4.71. The van der Waals surface area contributed by atoms with E-state index in [1.165, 1.54) is 17.1 Å². The molecule has 7 nitrogen and oxygen atoms in total. The molecule has 2 rings (SSSR count). The molecule has 1 aliphatic heterocycles. The normalized spacial score (nSPS) is 17.7. The van der Waals surface area contributed by atoms with Gasteiger partial charge in [-0.3, -0.25) is 9.58 Å². The fraction of sp³-hybridized carbons (Fsp3) is 0.727. The molecule has 1 aromatic heterocycles. The Kier molecular flexibility index (Phi) is 4.92. The first-order valence-corrected chi connectivity index (χ1v) is 7.85.